The molecule has 3 rings (SSSR count). The van der Waals surface area contributed by atoms with Gasteiger partial charge in [0, 0.05) is 11.3 Å². The van der Waals surface area contributed by atoms with Crippen LogP contribution < -0.4 is 0 Å². The Balaban J connectivity index is 1.86. The zero-order valence-electron chi connectivity index (χ0n) is 14.4. The molecule has 23 heavy (non-hydrogen) atoms. The molecule has 2 aliphatic rings. The van der Waals surface area contributed by atoms with E-state index in [0.29, 0.717) is 30.1 Å². The van der Waals surface area contributed by atoms with E-state index in [2.05, 4.69) is 12.0 Å². The molecule has 0 amide bonds. The van der Waals surface area contributed by atoms with Crippen molar-refractivity contribution in [1.82, 2.24) is 9.78 Å². The Morgan fingerprint density at radius 3 is 2.65 bits per heavy atom. The summed E-state index contributed by atoms with van der Waals surface area (Å²) in [5.41, 5.74) is 1.83. The lowest BCUT2D eigenvalue weighted by Gasteiger charge is -2.19. The molecular formula is C17H24N2O4. The second kappa shape index (κ2) is 5.35. The topological polar surface area (TPSA) is 70.4 Å². The molecular weight excluding hydrogens is 296 g/mol. The summed E-state index contributed by atoms with van der Waals surface area (Å²) >= 11 is 0. The zero-order valence-corrected chi connectivity index (χ0v) is 14.4. The molecule has 0 bridgehead atoms. The lowest BCUT2D eigenvalue weighted by Crippen LogP contribution is -2.27. The molecule has 1 heterocycles. The lowest BCUT2D eigenvalue weighted by molar-refractivity contribution is -0.155. The first-order chi connectivity index (χ1) is 10.7. The Hall–Kier alpha value is -1.85. The minimum Gasteiger partial charge on any atom is -0.461 e. The van der Waals surface area contributed by atoms with Crippen molar-refractivity contribution in [3.8, 4) is 0 Å². The molecule has 1 fully saturated rings. The third-order valence-electron chi connectivity index (χ3n) is 4.59. The van der Waals surface area contributed by atoms with Crippen LogP contribution in [0, 0.1) is 11.8 Å². The van der Waals surface area contributed by atoms with Crippen LogP contribution in [0.2, 0.25) is 0 Å². The van der Waals surface area contributed by atoms with Crippen molar-refractivity contribution < 1.29 is 19.1 Å². The molecule has 2 aliphatic carbocycles. The summed E-state index contributed by atoms with van der Waals surface area (Å²) in [6.45, 7) is 9.82. The molecule has 0 aromatic carbocycles. The van der Waals surface area contributed by atoms with E-state index < -0.39 is 11.6 Å². The summed E-state index contributed by atoms with van der Waals surface area (Å²) in [4.78, 5) is 24.3. The summed E-state index contributed by atoms with van der Waals surface area (Å²) in [6.07, 6.45) is 0.871. The smallest absolute Gasteiger partial charge is 0.359 e. The van der Waals surface area contributed by atoms with Crippen LogP contribution in [0.3, 0.4) is 0 Å². The highest BCUT2D eigenvalue weighted by Crippen LogP contribution is 2.62. The highest BCUT2D eigenvalue weighted by molar-refractivity contribution is 5.90. The number of hydrogen-bond acceptors (Lipinski definition) is 5. The van der Waals surface area contributed by atoms with Crippen LogP contribution in [0.5, 0.6) is 0 Å². The minimum atomic E-state index is -0.534. The molecule has 1 aromatic rings. The molecule has 1 saturated carbocycles. The molecule has 0 unspecified atom stereocenters. The number of hydrogen-bond donors (Lipinski definition) is 0. The number of carbonyl (C=O) groups is 2. The molecule has 0 saturated heterocycles. The predicted octanol–water partition coefficient (Wildman–Crippen LogP) is 2.31. The maximum absolute atomic E-state index is 12.2. The van der Waals surface area contributed by atoms with Crippen molar-refractivity contribution in [2.45, 2.75) is 59.1 Å². The molecule has 6 heteroatoms. The molecule has 1 aromatic heterocycles. The van der Waals surface area contributed by atoms with Gasteiger partial charge in [0.05, 0.1) is 6.61 Å². The molecule has 3 atom stereocenters. The summed E-state index contributed by atoms with van der Waals surface area (Å²) < 4.78 is 12.1. The first-order valence-corrected chi connectivity index (χ1v) is 8.21. The SMILES string of the molecule is CCOC(=O)c1nn(CC(=O)OC(C)(C)C)c2c1[C@@H]1[C@H](C)[C@@H]1C2. The van der Waals surface area contributed by atoms with E-state index in [1.54, 1.807) is 11.6 Å². The largest absolute Gasteiger partial charge is 0.461 e. The Morgan fingerprint density at radius 2 is 2.04 bits per heavy atom. The number of rotatable bonds is 4. The fourth-order valence-electron chi connectivity index (χ4n) is 3.61. The van der Waals surface area contributed by atoms with Gasteiger partial charge in [-0.05, 0) is 51.9 Å². The van der Waals surface area contributed by atoms with Crippen LogP contribution in [0.4, 0.5) is 0 Å². The van der Waals surface area contributed by atoms with Crippen LogP contribution >= 0.6 is 0 Å². The third-order valence-corrected chi connectivity index (χ3v) is 4.59. The van der Waals surface area contributed by atoms with E-state index in [9.17, 15) is 9.59 Å². The lowest BCUT2D eigenvalue weighted by atomic mass is 10.1. The standard InChI is InChI=1S/C17H24N2O4/c1-6-22-16(21)15-14-11(7-10-9(2)13(10)14)19(18-15)8-12(20)23-17(3,4)5/h9-10,13H,6-8H2,1-5H3/t9-,10+,13-/m1/s1. The molecule has 126 valence electrons. The van der Waals surface area contributed by atoms with E-state index in [1.807, 2.05) is 20.8 Å². The summed E-state index contributed by atoms with van der Waals surface area (Å²) in [5.74, 6) is 0.797. The van der Waals surface area contributed by atoms with E-state index in [4.69, 9.17) is 9.47 Å². The fraction of sp³-hybridized carbons (Fsp3) is 0.706. The van der Waals surface area contributed by atoms with Gasteiger partial charge in [-0.1, -0.05) is 6.92 Å². The van der Waals surface area contributed by atoms with Crippen LogP contribution in [-0.4, -0.2) is 33.9 Å². The van der Waals surface area contributed by atoms with Gasteiger partial charge in [-0.2, -0.15) is 5.10 Å². The predicted molar refractivity (Wildman–Crippen MR) is 83.1 cm³/mol. The molecule has 0 N–H and O–H groups in total. The summed E-state index contributed by atoms with van der Waals surface area (Å²) in [7, 11) is 0. The van der Waals surface area contributed by atoms with Gasteiger partial charge >= 0.3 is 11.9 Å². The highest BCUT2D eigenvalue weighted by Gasteiger charge is 2.56. The number of nitrogens with zero attached hydrogens (tertiary/aromatic N) is 2. The van der Waals surface area contributed by atoms with E-state index in [-0.39, 0.29) is 12.5 Å². The van der Waals surface area contributed by atoms with Crippen molar-refractivity contribution in [3.05, 3.63) is 17.0 Å². The van der Waals surface area contributed by atoms with Crippen molar-refractivity contribution in [3.63, 3.8) is 0 Å². The highest BCUT2D eigenvalue weighted by atomic mass is 16.6. The fourth-order valence-corrected chi connectivity index (χ4v) is 3.61. The normalized spacial score (nSPS) is 24.8. The van der Waals surface area contributed by atoms with E-state index in [0.717, 1.165) is 17.7 Å². The van der Waals surface area contributed by atoms with Gasteiger partial charge in [-0.15, -0.1) is 0 Å². The van der Waals surface area contributed by atoms with Crippen LogP contribution in [0.25, 0.3) is 0 Å². The van der Waals surface area contributed by atoms with E-state index >= 15 is 0 Å². The molecule has 6 nitrogen and oxygen atoms in total. The van der Waals surface area contributed by atoms with Gasteiger partial charge in [-0.25, -0.2) is 4.79 Å². The van der Waals surface area contributed by atoms with Crippen LogP contribution in [0.1, 0.15) is 62.3 Å². The minimum absolute atomic E-state index is 0.0346. The first kappa shape index (κ1) is 16.0. The average Bonchev–Trinajstić information content (AvgIpc) is 2.79. The second-order valence-corrected chi connectivity index (χ2v) is 7.43. The van der Waals surface area contributed by atoms with Crippen molar-refractivity contribution in [2.24, 2.45) is 11.8 Å². The van der Waals surface area contributed by atoms with Gasteiger partial charge in [0.2, 0.25) is 0 Å². The summed E-state index contributed by atoms with van der Waals surface area (Å²) in [6, 6.07) is 0. The Morgan fingerprint density at radius 1 is 1.35 bits per heavy atom. The maximum atomic E-state index is 12.2. The van der Waals surface area contributed by atoms with Crippen molar-refractivity contribution in [1.29, 1.82) is 0 Å². The number of esters is 2. The summed E-state index contributed by atoms with van der Waals surface area (Å²) in [5, 5.41) is 4.37. The first-order valence-electron chi connectivity index (χ1n) is 8.21. The van der Waals surface area contributed by atoms with Crippen LogP contribution in [-0.2, 0) is 27.2 Å². The van der Waals surface area contributed by atoms with Crippen molar-refractivity contribution >= 4 is 11.9 Å². The Kier molecular flexibility index (Phi) is 3.73. The zero-order chi connectivity index (χ0) is 16.9. The number of fused-ring (bicyclic) bond motifs is 3. The quantitative estimate of drug-likeness (QED) is 0.796. The van der Waals surface area contributed by atoms with E-state index in [1.165, 1.54) is 0 Å². The molecule has 0 spiro atoms. The van der Waals surface area contributed by atoms with Gasteiger partial charge in [-0.3, -0.25) is 9.48 Å². The second-order valence-electron chi connectivity index (χ2n) is 7.43. The van der Waals surface area contributed by atoms with Crippen LogP contribution in [0.15, 0.2) is 0 Å². The maximum Gasteiger partial charge on any atom is 0.359 e. The number of carbonyl (C=O) groups excluding carboxylic acids is 2. The van der Waals surface area contributed by atoms with Gasteiger partial charge < -0.3 is 9.47 Å². The van der Waals surface area contributed by atoms with Gasteiger partial charge in [0.1, 0.15) is 12.1 Å². The van der Waals surface area contributed by atoms with Crippen molar-refractivity contribution in [2.75, 3.05) is 6.61 Å². The molecule has 0 radical (unpaired) electrons. The third kappa shape index (κ3) is 2.86. The Bertz CT molecular complexity index is 656. The number of aromatic nitrogens is 2. The van der Waals surface area contributed by atoms with Gasteiger partial charge in [0.15, 0.2) is 5.69 Å². The number of ether oxygens (including phenoxy) is 2. The monoisotopic (exact) mass is 320 g/mol. The molecule has 0 aliphatic heterocycles. The van der Waals surface area contributed by atoms with Gasteiger partial charge in [0.25, 0.3) is 0 Å². The average molecular weight is 320 g/mol. The Labute approximate surface area is 136 Å².